The van der Waals surface area contributed by atoms with Gasteiger partial charge in [0.15, 0.2) is 6.61 Å². The van der Waals surface area contributed by atoms with E-state index in [0.29, 0.717) is 41.5 Å². The first-order valence-corrected chi connectivity index (χ1v) is 14.4. The Morgan fingerprint density at radius 3 is 2.21 bits per heavy atom. The van der Waals surface area contributed by atoms with Gasteiger partial charge in [-0.05, 0) is 92.4 Å². The van der Waals surface area contributed by atoms with Crippen LogP contribution in [0, 0.1) is 6.92 Å². The van der Waals surface area contributed by atoms with Crippen LogP contribution in [0.5, 0.6) is 11.5 Å². The molecule has 1 heterocycles. The lowest BCUT2D eigenvalue weighted by atomic mass is 10.1. The highest BCUT2D eigenvalue weighted by atomic mass is 32.2. The maximum Gasteiger partial charge on any atom is 0.262 e. The van der Waals surface area contributed by atoms with Gasteiger partial charge in [-0.2, -0.15) is 0 Å². The van der Waals surface area contributed by atoms with E-state index in [2.05, 4.69) is 10.0 Å². The average Bonchev–Trinajstić information content (AvgIpc) is 3.46. The number of amides is 2. The molecule has 2 amide bonds. The summed E-state index contributed by atoms with van der Waals surface area (Å²) in [4.78, 5) is 26.7. The summed E-state index contributed by atoms with van der Waals surface area (Å²) in [6, 6.07) is 18.3. The minimum Gasteiger partial charge on any atom is -0.494 e. The number of nitrogens with one attached hydrogen (secondary N) is 2. The summed E-state index contributed by atoms with van der Waals surface area (Å²) in [5.74, 6) is 0.826. The molecule has 0 atom stereocenters. The van der Waals surface area contributed by atoms with Crippen molar-refractivity contribution in [3.8, 4) is 11.5 Å². The van der Waals surface area contributed by atoms with Crippen molar-refractivity contribution in [3.63, 3.8) is 0 Å². The molecule has 1 aliphatic rings. The van der Waals surface area contributed by atoms with Gasteiger partial charge in [0.25, 0.3) is 15.9 Å². The molecule has 0 aromatic heterocycles. The highest BCUT2D eigenvalue weighted by Gasteiger charge is 2.18. The van der Waals surface area contributed by atoms with E-state index in [-0.39, 0.29) is 23.3 Å². The van der Waals surface area contributed by atoms with Crippen LogP contribution in [0.2, 0.25) is 0 Å². The summed E-state index contributed by atoms with van der Waals surface area (Å²) in [5.41, 5.74) is 2.48. The van der Waals surface area contributed by atoms with Crippen LogP contribution >= 0.6 is 0 Å². The van der Waals surface area contributed by atoms with Crippen LogP contribution in [0.3, 0.4) is 0 Å². The first-order chi connectivity index (χ1) is 18.7. The van der Waals surface area contributed by atoms with Gasteiger partial charge in [-0.15, -0.1) is 0 Å². The minimum absolute atomic E-state index is 0.0778. The SMILES string of the molecule is CCOc1ccc(NS(=O)(=O)c2ccc(OCC(=O)Nc3ccc(CC(=O)N4CCCC4)cc3)c(C)c2)cc1. The fourth-order valence-electron chi connectivity index (χ4n) is 4.25. The summed E-state index contributed by atoms with van der Waals surface area (Å²) in [7, 11) is -3.82. The van der Waals surface area contributed by atoms with Crippen LogP contribution in [0.15, 0.2) is 71.6 Å². The van der Waals surface area contributed by atoms with Gasteiger partial charge < -0.3 is 19.7 Å². The van der Waals surface area contributed by atoms with E-state index in [1.165, 1.54) is 18.2 Å². The van der Waals surface area contributed by atoms with E-state index in [4.69, 9.17) is 9.47 Å². The number of anilines is 2. The summed E-state index contributed by atoms with van der Waals surface area (Å²) in [6.45, 7) is 5.52. The van der Waals surface area contributed by atoms with Gasteiger partial charge in [0.2, 0.25) is 5.91 Å². The van der Waals surface area contributed by atoms with Crippen molar-refractivity contribution < 1.29 is 27.5 Å². The number of carbonyl (C=O) groups excluding carboxylic acids is 2. The van der Waals surface area contributed by atoms with Crippen molar-refractivity contribution in [1.82, 2.24) is 4.90 Å². The third-order valence-electron chi connectivity index (χ3n) is 6.28. The molecule has 0 spiro atoms. The average molecular weight is 552 g/mol. The van der Waals surface area contributed by atoms with Crippen LogP contribution in [0.1, 0.15) is 30.9 Å². The highest BCUT2D eigenvalue weighted by molar-refractivity contribution is 7.92. The van der Waals surface area contributed by atoms with E-state index < -0.39 is 10.0 Å². The molecular formula is C29H33N3O6S. The van der Waals surface area contributed by atoms with Crippen molar-refractivity contribution in [3.05, 3.63) is 77.9 Å². The van der Waals surface area contributed by atoms with Crippen LogP contribution in [0.4, 0.5) is 11.4 Å². The number of carbonyl (C=O) groups is 2. The van der Waals surface area contributed by atoms with Gasteiger partial charge in [0.1, 0.15) is 11.5 Å². The monoisotopic (exact) mass is 551 g/mol. The Kier molecular flexibility index (Phi) is 9.08. The number of hydrogen-bond acceptors (Lipinski definition) is 6. The van der Waals surface area contributed by atoms with E-state index in [1.807, 2.05) is 24.0 Å². The smallest absolute Gasteiger partial charge is 0.262 e. The van der Waals surface area contributed by atoms with Gasteiger partial charge in [-0.3, -0.25) is 14.3 Å². The molecule has 1 aliphatic heterocycles. The van der Waals surface area contributed by atoms with Crippen molar-refractivity contribution in [2.24, 2.45) is 0 Å². The Morgan fingerprint density at radius 1 is 0.897 bits per heavy atom. The summed E-state index contributed by atoms with van der Waals surface area (Å²) >= 11 is 0. The number of hydrogen-bond donors (Lipinski definition) is 2. The standard InChI is InChI=1S/C29H33N3O6S/c1-3-37-25-12-10-24(11-13-25)31-39(35,36)26-14-15-27(21(2)18-26)38-20-28(33)30-23-8-6-22(7-9-23)19-29(34)32-16-4-5-17-32/h6-15,18,31H,3-5,16-17,19-20H2,1-2H3,(H,30,33). The zero-order chi connectivity index (χ0) is 27.8. The predicted molar refractivity (Wildman–Crippen MR) is 150 cm³/mol. The summed E-state index contributed by atoms with van der Waals surface area (Å²) in [6.07, 6.45) is 2.46. The third kappa shape index (κ3) is 7.73. The summed E-state index contributed by atoms with van der Waals surface area (Å²) < 4.78 is 39.2. The first-order valence-electron chi connectivity index (χ1n) is 12.9. The molecule has 0 aliphatic carbocycles. The Hall–Kier alpha value is -4.05. The molecule has 0 unspecified atom stereocenters. The third-order valence-corrected chi connectivity index (χ3v) is 7.66. The van der Waals surface area contributed by atoms with Crippen molar-refractivity contribution in [1.29, 1.82) is 0 Å². The second-order valence-corrected chi connectivity index (χ2v) is 11.0. The van der Waals surface area contributed by atoms with E-state index in [0.717, 1.165) is 31.5 Å². The topological polar surface area (TPSA) is 114 Å². The van der Waals surface area contributed by atoms with Gasteiger partial charge >= 0.3 is 0 Å². The Morgan fingerprint density at radius 2 is 1.56 bits per heavy atom. The maximum absolute atomic E-state index is 12.8. The Balaban J connectivity index is 1.28. The number of aryl methyl sites for hydroxylation is 1. The van der Waals surface area contributed by atoms with Gasteiger partial charge in [-0.25, -0.2) is 8.42 Å². The number of benzene rings is 3. The van der Waals surface area contributed by atoms with Gasteiger partial charge in [0, 0.05) is 24.5 Å². The minimum atomic E-state index is -3.82. The van der Waals surface area contributed by atoms with Crippen molar-refractivity contribution in [2.45, 2.75) is 38.0 Å². The van der Waals surface area contributed by atoms with Gasteiger partial charge in [0.05, 0.1) is 17.9 Å². The maximum atomic E-state index is 12.8. The van der Waals surface area contributed by atoms with E-state index >= 15 is 0 Å². The van der Waals surface area contributed by atoms with E-state index in [9.17, 15) is 18.0 Å². The number of likely N-dealkylation sites (tertiary alicyclic amines) is 1. The fourth-order valence-corrected chi connectivity index (χ4v) is 5.39. The Labute approximate surface area is 229 Å². The number of ether oxygens (including phenoxy) is 2. The number of nitrogens with zero attached hydrogens (tertiary/aromatic N) is 1. The molecule has 10 heteroatoms. The fraction of sp³-hybridized carbons (Fsp3) is 0.310. The molecule has 1 fully saturated rings. The second-order valence-electron chi connectivity index (χ2n) is 9.29. The number of sulfonamides is 1. The lowest BCUT2D eigenvalue weighted by Crippen LogP contribution is -2.29. The molecule has 0 radical (unpaired) electrons. The van der Waals surface area contributed by atoms with Crippen LogP contribution in [-0.2, 0) is 26.0 Å². The molecule has 1 saturated heterocycles. The molecule has 3 aromatic rings. The van der Waals surface area contributed by atoms with Crippen molar-refractivity contribution in [2.75, 3.05) is 36.3 Å². The molecule has 9 nitrogen and oxygen atoms in total. The first kappa shape index (κ1) is 28.0. The van der Waals surface area contributed by atoms with Crippen LogP contribution in [-0.4, -0.2) is 51.4 Å². The van der Waals surface area contributed by atoms with Gasteiger partial charge in [-0.1, -0.05) is 12.1 Å². The number of rotatable bonds is 11. The zero-order valence-electron chi connectivity index (χ0n) is 22.1. The van der Waals surface area contributed by atoms with Crippen LogP contribution < -0.4 is 19.5 Å². The molecule has 4 rings (SSSR count). The lowest BCUT2D eigenvalue weighted by molar-refractivity contribution is -0.129. The zero-order valence-corrected chi connectivity index (χ0v) is 22.9. The largest absolute Gasteiger partial charge is 0.494 e. The second kappa shape index (κ2) is 12.7. The van der Waals surface area contributed by atoms with Crippen molar-refractivity contribution >= 4 is 33.2 Å². The molecule has 3 aromatic carbocycles. The quantitative estimate of drug-likeness (QED) is 0.366. The van der Waals surface area contributed by atoms with E-state index in [1.54, 1.807) is 43.3 Å². The molecule has 206 valence electrons. The van der Waals surface area contributed by atoms with Crippen LogP contribution in [0.25, 0.3) is 0 Å². The predicted octanol–water partition coefficient (Wildman–Crippen LogP) is 4.38. The molecule has 0 bridgehead atoms. The molecular weight excluding hydrogens is 518 g/mol. The normalized spacial score (nSPS) is 13.1. The summed E-state index contributed by atoms with van der Waals surface area (Å²) in [5, 5.41) is 2.77. The molecule has 0 saturated carbocycles. The molecule has 2 N–H and O–H groups in total. The highest BCUT2D eigenvalue weighted by Crippen LogP contribution is 2.25. The lowest BCUT2D eigenvalue weighted by Gasteiger charge is -2.15. The Bertz CT molecular complexity index is 1400. The molecule has 39 heavy (non-hydrogen) atoms.